The summed E-state index contributed by atoms with van der Waals surface area (Å²) >= 11 is 0. The van der Waals surface area contributed by atoms with Gasteiger partial charge < -0.3 is 30.8 Å². The molecule has 3 aromatic rings. The van der Waals surface area contributed by atoms with Crippen LogP contribution in [0.2, 0.25) is 0 Å². The van der Waals surface area contributed by atoms with Crippen LogP contribution in [0.5, 0.6) is 5.75 Å². The number of benzene rings is 1. The number of anilines is 2. The SMILES string of the molecule is COc1cc(C(=O)NCC(C)(C)O)ccc1Nc1ncc2c(n1)-n1ccc(C(N)=O)c1CC2. The summed E-state index contributed by atoms with van der Waals surface area (Å²) in [6.45, 7) is 3.35. The largest absolute Gasteiger partial charge is 0.495 e. The van der Waals surface area contributed by atoms with Crippen LogP contribution >= 0.6 is 0 Å². The number of primary amides is 1. The van der Waals surface area contributed by atoms with Crippen LogP contribution < -0.4 is 21.1 Å². The topological polar surface area (TPSA) is 144 Å². The van der Waals surface area contributed by atoms with Gasteiger partial charge in [0, 0.05) is 35.8 Å². The van der Waals surface area contributed by atoms with Crippen molar-refractivity contribution in [3.05, 3.63) is 59.0 Å². The predicted octanol–water partition coefficient (Wildman–Crippen LogP) is 1.72. The maximum absolute atomic E-state index is 12.4. The molecule has 172 valence electrons. The molecule has 1 aliphatic rings. The van der Waals surface area contributed by atoms with E-state index >= 15 is 0 Å². The summed E-state index contributed by atoms with van der Waals surface area (Å²) in [5, 5.41) is 15.6. The fourth-order valence-corrected chi connectivity index (χ4v) is 3.69. The number of nitrogens with two attached hydrogens (primary N) is 1. The van der Waals surface area contributed by atoms with Crippen LogP contribution in [0.1, 0.15) is 45.8 Å². The van der Waals surface area contributed by atoms with Gasteiger partial charge in [-0.25, -0.2) is 4.98 Å². The van der Waals surface area contributed by atoms with Crippen LogP contribution in [0.3, 0.4) is 0 Å². The molecule has 0 saturated heterocycles. The molecule has 0 atom stereocenters. The molecule has 0 bridgehead atoms. The van der Waals surface area contributed by atoms with E-state index in [4.69, 9.17) is 10.5 Å². The van der Waals surface area contributed by atoms with Gasteiger partial charge in [-0.15, -0.1) is 0 Å². The molecule has 4 rings (SSSR count). The molecule has 3 heterocycles. The average Bonchev–Trinajstić information content (AvgIpc) is 3.22. The predicted molar refractivity (Wildman–Crippen MR) is 122 cm³/mol. The van der Waals surface area contributed by atoms with Crippen LogP contribution in [0.15, 0.2) is 36.7 Å². The molecule has 0 saturated carbocycles. The number of carbonyl (C=O) groups excluding carboxylic acids is 2. The molecule has 0 fully saturated rings. The number of nitrogens with zero attached hydrogens (tertiary/aromatic N) is 3. The van der Waals surface area contributed by atoms with Crippen LogP contribution in [-0.4, -0.2) is 50.7 Å². The molecule has 2 aromatic heterocycles. The fraction of sp³-hybridized carbons (Fsp3) is 0.304. The van der Waals surface area contributed by atoms with E-state index in [9.17, 15) is 14.7 Å². The maximum atomic E-state index is 12.4. The minimum absolute atomic E-state index is 0.121. The Morgan fingerprint density at radius 2 is 2.06 bits per heavy atom. The molecule has 0 spiro atoms. The highest BCUT2D eigenvalue weighted by atomic mass is 16.5. The third-order valence-corrected chi connectivity index (χ3v) is 5.35. The third kappa shape index (κ3) is 4.65. The van der Waals surface area contributed by atoms with Gasteiger partial charge in [-0.3, -0.25) is 9.59 Å². The van der Waals surface area contributed by atoms with Gasteiger partial charge in [0.25, 0.3) is 11.8 Å². The van der Waals surface area contributed by atoms with Gasteiger partial charge in [0.15, 0.2) is 0 Å². The number of hydrogen-bond donors (Lipinski definition) is 4. The van der Waals surface area contributed by atoms with Crippen molar-refractivity contribution in [2.45, 2.75) is 32.3 Å². The summed E-state index contributed by atoms with van der Waals surface area (Å²) in [6, 6.07) is 6.65. The molecule has 33 heavy (non-hydrogen) atoms. The molecule has 0 unspecified atom stereocenters. The summed E-state index contributed by atoms with van der Waals surface area (Å²) < 4.78 is 7.31. The van der Waals surface area contributed by atoms with Crippen LogP contribution in [0.25, 0.3) is 5.82 Å². The third-order valence-electron chi connectivity index (χ3n) is 5.35. The second-order valence-electron chi connectivity index (χ2n) is 8.49. The lowest BCUT2D eigenvalue weighted by Crippen LogP contribution is -2.38. The molecule has 10 nitrogen and oxygen atoms in total. The van der Waals surface area contributed by atoms with Gasteiger partial charge in [0.05, 0.1) is 24.0 Å². The maximum Gasteiger partial charge on any atom is 0.251 e. The molecule has 0 radical (unpaired) electrons. The minimum atomic E-state index is -1.01. The highest BCUT2D eigenvalue weighted by Crippen LogP contribution is 2.30. The van der Waals surface area contributed by atoms with Crippen molar-refractivity contribution in [3.8, 4) is 11.6 Å². The molecule has 2 amide bonds. The van der Waals surface area contributed by atoms with E-state index in [0.717, 1.165) is 11.3 Å². The Balaban J connectivity index is 1.58. The van der Waals surface area contributed by atoms with Gasteiger partial charge in [-0.2, -0.15) is 4.98 Å². The monoisotopic (exact) mass is 450 g/mol. The molecular formula is C23H26N6O4. The number of rotatable bonds is 7. The zero-order chi connectivity index (χ0) is 23.8. The van der Waals surface area contributed by atoms with Gasteiger partial charge in [-0.05, 0) is 51.0 Å². The smallest absolute Gasteiger partial charge is 0.251 e. The lowest BCUT2D eigenvalue weighted by atomic mass is 10.0. The van der Waals surface area contributed by atoms with E-state index in [1.165, 1.54) is 7.11 Å². The van der Waals surface area contributed by atoms with Crippen molar-refractivity contribution in [1.82, 2.24) is 19.9 Å². The number of nitrogens with one attached hydrogen (secondary N) is 2. The van der Waals surface area contributed by atoms with E-state index in [1.807, 2.05) is 4.57 Å². The first-order valence-electron chi connectivity index (χ1n) is 10.5. The Morgan fingerprint density at radius 3 is 2.76 bits per heavy atom. The number of aliphatic hydroxyl groups is 1. The first kappa shape index (κ1) is 22.3. The zero-order valence-electron chi connectivity index (χ0n) is 18.7. The van der Waals surface area contributed by atoms with Gasteiger partial charge >= 0.3 is 0 Å². The van der Waals surface area contributed by atoms with Crippen LogP contribution in [0, 0.1) is 0 Å². The van der Waals surface area contributed by atoms with E-state index in [2.05, 4.69) is 20.6 Å². The van der Waals surface area contributed by atoms with Crippen LogP contribution in [-0.2, 0) is 12.8 Å². The highest BCUT2D eigenvalue weighted by molar-refractivity contribution is 5.95. The average molecular weight is 450 g/mol. The minimum Gasteiger partial charge on any atom is -0.495 e. The molecule has 1 aliphatic heterocycles. The quantitative estimate of drug-likeness (QED) is 0.429. The molecule has 0 aliphatic carbocycles. The number of aryl methyl sites for hydroxylation is 1. The number of methoxy groups -OCH3 is 1. The van der Waals surface area contributed by atoms with E-state index in [1.54, 1.807) is 50.5 Å². The molecule has 1 aromatic carbocycles. The number of carbonyl (C=O) groups is 2. The number of ether oxygens (including phenoxy) is 1. The normalized spacial score (nSPS) is 12.5. The number of amides is 2. The summed E-state index contributed by atoms with van der Waals surface area (Å²) in [5.74, 6) is 0.676. The van der Waals surface area contributed by atoms with Crippen molar-refractivity contribution in [1.29, 1.82) is 0 Å². The summed E-state index contributed by atoms with van der Waals surface area (Å²) in [5.41, 5.74) is 7.74. The van der Waals surface area contributed by atoms with Crippen molar-refractivity contribution in [2.24, 2.45) is 5.73 Å². The molecular weight excluding hydrogens is 424 g/mol. The summed E-state index contributed by atoms with van der Waals surface area (Å²) in [7, 11) is 1.50. The lowest BCUT2D eigenvalue weighted by molar-refractivity contribution is 0.0694. The first-order valence-corrected chi connectivity index (χ1v) is 10.5. The Morgan fingerprint density at radius 1 is 1.27 bits per heavy atom. The van der Waals surface area contributed by atoms with Crippen molar-refractivity contribution in [3.63, 3.8) is 0 Å². The Hall–Kier alpha value is -3.92. The lowest BCUT2D eigenvalue weighted by Gasteiger charge is -2.20. The van der Waals surface area contributed by atoms with E-state index in [-0.39, 0.29) is 12.5 Å². The highest BCUT2D eigenvalue weighted by Gasteiger charge is 2.23. The van der Waals surface area contributed by atoms with E-state index < -0.39 is 11.5 Å². The summed E-state index contributed by atoms with van der Waals surface area (Å²) in [4.78, 5) is 33.1. The first-order chi connectivity index (χ1) is 15.7. The van der Waals surface area contributed by atoms with Crippen molar-refractivity contribution >= 4 is 23.5 Å². The second kappa shape index (κ2) is 8.55. The van der Waals surface area contributed by atoms with Gasteiger partial charge in [-0.1, -0.05) is 0 Å². The fourth-order valence-electron chi connectivity index (χ4n) is 3.69. The van der Waals surface area contributed by atoms with Crippen molar-refractivity contribution < 1.29 is 19.4 Å². The number of fused-ring (bicyclic) bond motifs is 3. The van der Waals surface area contributed by atoms with Gasteiger partial charge in [0.2, 0.25) is 5.95 Å². The Labute approximate surface area is 190 Å². The molecule has 10 heteroatoms. The Bertz CT molecular complexity index is 1230. The standard InChI is InChI=1S/C23H26N6O4/c1-23(2,32)12-26-21(31)13-4-6-16(18(10-13)33-3)27-22-25-11-14-5-7-17-15(19(24)30)8-9-29(17)20(14)28-22/h4,6,8-11,32H,5,7,12H2,1-3H3,(H2,24,30)(H,26,31)(H,25,27,28). The summed E-state index contributed by atoms with van der Waals surface area (Å²) in [6.07, 6.45) is 4.92. The van der Waals surface area contributed by atoms with E-state index in [0.29, 0.717) is 47.2 Å². The molecule has 5 N–H and O–H groups in total. The number of hydrogen-bond acceptors (Lipinski definition) is 7. The Kier molecular flexibility index (Phi) is 5.77. The zero-order valence-corrected chi connectivity index (χ0v) is 18.7. The number of aromatic nitrogens is 3. The van der Waals surface area contributed by atoms with Gasteiger partial charge in [0.1, 0.15) is 11.6 Å². The second-order valence-corrected chi connectivity index (χ2v) is 8.49. The van der Waals surface area contributed by atoms with Crippen LogP contribution in [0.4, 0.5) is 11.6 Å². The van der Waals surface area contributed by atoms with Crippen molar-refractivity contribution in [2.75, 3.05) is 19.0 Å².